The van der Waals surface area contributed by atoms with Crippen molar-refractivity contribution in [1.29, 1.82) is 0 Å². The number of nitrogens with one attached hydrogen (secondary N) is 1. The van der Waals surface area contributed by atoms with Crippen molar-refractivity contribution in [2.75, 3.05) is 13.2 Å². The summed E-state index contributed by atoms with van der Waals surface area (Å²) in [5.74, 6) is -0.0510. The number of allylic oxidation sites excluding steroid dienone is 3. The highest BCUT2D eigenvalue weighted by molar-refractivity contribution is 5.76. The van der Waals surface area contributed by atoms with Crippen LogP contribution >= 0.6 is 0 Å². The molecule has 0 aliphatic carbocycles. The molecule has 0 aromatic rings. The Bertz CT molecular complexity index is 1140. The van der Waals surface area contributed by atoms with Crippen molar-refractivity contribution in [3.8, 4) is 0 Å². The van der Waals surface area contributed by atoms with Gasteiger partial charge < -0.3 is 20.3 Å². The molecule has 0 rings (SSSR count). The van der Waals surface area contributed by atoms with Crippen molar-refractivity contribution in [2.24, 2.45) is 0 Å². The molecule has 0 heterocycles. The Balaban J connectivity index is 3.41. The highest BCUT2D eigenvalue weighted by Gasteiger charge is 2.18. The van der Waals surface area contributed by atoms with E-state index in [0.29, 0.717) is 19.4 Å². The second-order valence-electron chi connectivity index (χ2n) is 22.8. The van der Waals surface area contributed by atoms with Crippen LogP contribution in [0.3, 0.4) is 0 Å². The summed E-state index contributed by atoms with van der Waals surface area (Å²) in [6.07, 6.45) is 78.1. The average molecular weight is 1030 g/mol. The zero-order valence-electron chi connectivity index (χ0n) is 49.4. The van der Waals surface area contributed by atoms with Gasteiger partial charge >= 0.3 is 5.97 Å². The number of hydrogen-bond acceptors (Lipinski definition) is 5. The molecule has 2 atom stereocenters. The number of ether oxygens (including phenoxy) is 1. The highest BCUT2D eigenvalue weighted by atomic mass is 16.5. The molecule has 0 radical (unpaired) electrons. The van der Waals surface area contributed by atoms with Gasteiger partial charge in [-0.15, -0.1) is 0 Å². The van der Waals surface area contributed by atoms with Crippen LogP contribution in [-0.2, 0) is 14.3 Å². The largest absolute Gasteiger partial charge is 0.466 e. The van der Waals surface area contributed by atoms with Gasteiger partial charge in [0.05, 0.1) is 25.4 Å². The molecule has 3 N–H and O–H groups in total. The van der Waals surface area contributed by atoms with Gasteiger partial charge in [0.2, 0.25) is 5.91 Å². The van der Waals surface area contributed by atoms with E-state index >= 15 is 0 Å². The van der Waals surface area contributed by atoms with E-state index < -0.39 is 12.1 Å². The Morgan fingerprint density at radius 2 is 0.644 bits per heavy atom. The van der Waals surface area contributed by atoms with Crippen LogP contribution in [0.5, 0.6) is 0 Å². The van der Waals surface area contributed by atoms with Gasteiger partial charge in [-0.3, -0.25) is 9.59 Å². The molecule has 0 aliphatic heterocycles. The molecule has 0 aliphatic rings. The minimum absolute atomic E-state index is 0.0148. The van der Waals surface area contributed by atoms with Crippen molar-refractivity contribution >= 4 is 11.9 Å². The molecule has 1 amide bonds. The van der Waals surface area contributed by atoms with Crippen molar-refractivity contribution < 1.29 is 24.5 Å². The van der Waals surface area contributed by atoms with Crippen molar-refractivity contribution in [3.63, 3.8) is 0 Å². The van der Waals surface area contributed by atoms with Crippen LogP contribution in [0.25, 0.3) is 0 Å². The number of aliphatic hydroxyl groups excluding tert-OH is 2. The van der Waals surface area contributed by atoms with E-state index in [1.54, 1.807) is 6.08 Å². The maximum absolute atomic E-state index is 12.5. The zero-order chi connectivity index (χ0) is 52.9. The van der Waals surface area contributed by atoms with Crippen LogP contribution in [0, 0.1) is 0 Å². The van der Waals surface area contributed by atoms with Crippen LogP contribution in [0.1, 0.15) is 367 Å². The molecule has 432 valence electrons. The molecule has 0 aromatic carbocycles. The summed E-state index contributed by atoms with van der Waals surface area (Å²) in [5.41, 5.74) is 0. The maximum Gasteiger partial charge on any atom is 0.305 e. The van der Waals surface area contributed by atoms with E-state index in [9.17, 15) is 19.8 Å². The van der Waals surface area contributed by atoms with Crippen molar-refractivity contribution in [3.05, 3.63) is 24.3 Å². The minimum atomic E-state index is -0.845. The lowest BCUT2D eigenvalue weighted by molar-refractivity contribution is -0.143. The number of amides is 1. The number of carbonyl (C=O) groups excluding carboxylic acids is 2. The maximum atomic E-state index is 12.5. The fraction of sp³-hybridized carbons (Fsp3) is 0.910. The second-order valence-corrected chi connectivity index (χ2v) is 22.8. The molecular weight excluding hydrogens is 899 g/mol. The predicted octanol–water partition coefficient (Wildman–Crippen LogP) is 21.0. The fourth-order valence-corrected chi connectivity index (χ4v) is 10.4. The molecule has 0 fully saturated rings. The lowest BCUT2D eigenvalue weighted by Gasteiger charge is -2.20. The van der Waals surface area contributed by atoms with E-state index in [1.165, 1.54) is 302 Å². The third-order valence-corrected chi connectivity index (χ3v) is 15.5. The quantitative estimate of drug-likeness (QED) is 0.0320. The van der Waals surface area contributed by atoms with E-state index in [1.807, 2.05) is 6.08 Å². The summed E-state index contributed by atoms with van der Waals surface area (Å²) in [6.45, 7) is 4.93. The first kappa shape index (κ1) is 71.3. The molecule has 2 unspecified atom stereocenters. The van der Waals surface area contributed by atoms with E-state index in [0.717, 1.165) is 38.5 Å². The zero-order valence-corrected chi connectivity index (χ0v) is 49.4. The number of unbranched alkanes of at least 4 members (excludes halogenated alkanes) is 49. The Hall–Kier alpha value is -1.66. The lowest BCUT2D eigenvalue weighted by atomic mass is 10.0. The summed E-state index contributed by atoms with van der Waals surface area (Å²) in [7, 11) is 0. The SMILES string of the molecule is CCCCCCCCCCCCCCCCCC/C=C/C(O)C(CO)NC(=O)CCCCCCCCCCCCC/C=C\CCCCCCCCCCCCCCOC(=O)CCCCCCCCCCCCC. The first-order valence-electron chi connectivity index (χ1n) is 33.1. The normalized spacial score (nSPS) is 12.7. The summed E-state index contributed by atoms with van der Waals surface area (Å²) < 4.78 is 5.47. The van der Waals surface area contributed by atoms with Gasteiger partial charge in [-0.25, -0.2) is 0 Å². The lowest BCUT2D eigenvalue weighted by Crippen LogP contribution is -2.45. The van der Waals surface area contributed by atoms with E-state index in [2.05, 4.69) is 31.3 Å². The summed E-state index contributed by atoms with van der Waals surface area (Å²) in [5, 5.41) is 23.2. The summed E-state index contributed by atoms with van der Waals surface area (Å²) >= 11 is 0. The molecule has 6 heteroatoms. The highest BCUT2D eigenvalue weighted by Crippen LogP contribution is 2.18. The molecule has 6 nitrogen and oxygen atoms in total. The average Bonchev–Trinajstić information content (AvgIpc) is 3.39. The first-order chi connectivity index (χ1) is 36.0. The Morgan fingerprint density at radius 3 is 0.973 bits per heavy atom. The molecule has 0 saturated heterocycles. The molecular formula is C67H129NO5. The fourth-order valence-electron chi connectivity index (χ4n) is 10.4. The number of esters is 1. The standard InChI is InChI=1S/C67H129NO5/c1-3-5-7-9-11-13-15-16-17-18-30-33-36-40-43-47-51-55-59-65(70)64(63-69)68-66(71)60-56-52-48-44-41-37-34-31-28-26-24-22-20-19-21-23-25-27-29-32-35-38-42-46-50-54-58-62-73-67(72)61-57-53-49-45-39-14-12-10-8-6-4-2/h19-20,55,59,64-65,69-70H,3-18,21-54,56-58,60-63H2,1-2H3,(H,68,71)/b20-19-,59-55+. The van der Waals surface area contributed by atoms with E-state index in [-0.39, 0.29) is 18.5 Å². The van der Waals surface area contributed by atoms with Crippen molar-refractivity contribution in [1.82, 2.24) is 5.32 Å². The third kappa shape index (κ3) is 59.4. The van der Waals surface area contributed by atoms with Gasteiger partial charge in [0.15, 0.2) is 0 Å². The summed E-state index contributed by atoms with van der Waals surface area (Å²) in [4.78, 5) is 24.5. The third-order valence-electron chi connectivity index (χ3n) is 15.5. The molecule has 0 spiro atoms. The van der Waals surface area contributed by atoms with E-state index in [4.69, 9.17) is 4.74 Å². The van der Waals surface area contributed by atoms with Gasteiger partial charge in [0.25, 0.3) is 0 Å². The Kier molecular flexibility index (Phi) is 61.4. The van der Waals surface area contributed by atoms with Crippen LogP contribution in [0.2, 0.25) is 0 Å². The number of hydrogen-bond donors (Lipinski definition) is 3. The number of aliphatic hydroxyl groups is 2. The van der Waals surface area contributed by atoms with Crippen LogP contribution < -0.4 is 5.32 Å². The van der Waals surface area contributed by atoms with Crippen LogP contribution in [0.4, 0.5) is 0 Å². The first-order valence-corrected chi connectivity index (χ1v) is 33.1. The van der Waals surface area contributed by atoms with Crippen molar-refractivity contribution in [2.45, 2.75) is 379 Å². The second kappa shape index (κ2) is 62.9. The van der Waals surface area contributed by atoms with Gasteiger partial charge in [0.1, 0.15) is 0 Å². The van der Waals surface area contributed by atoms with Gasteiger partial charge in [-0.05, 0) is 57.8 Å². The monoisotopic (exact) mass is 1030 g/mol. The smallest absolute Gasteiger partial charge is 0.305 e. The van der Waals surface area contributed by atoms with Crippen LogP contribution in [-0.4, -0.2) is 47.4 Å². The molecule has 0 aromatic heterocycles. The van der Waals surface area contributed by atoms with Gasteiger partial charge in [-0.1, -0.05) is 321 Å². The minimum Gasteiger partial charge on any atom is -0.466 e. The molecule has 73 heavy (non-hydrogen) atoms. The molecule has 0 bridgehead atoms. The van der Waals surface area contributed by atoms with Gasteiger partial charge in [-0.2, -0.15) is 0 Å². The number of rotatable bonds is 62. The number of carbonyl (C=O) groups is 2. The topological polar surface area (TPSA) is 95.9 Å². The molecule has 0 saturated carbocycles. The Morgan fingerprint density at radius 1 is 0.370 bits per heavy atom. The predicted molar refractivity (Wildman–Crippen MR) is 320 cm³/mol. The Labute approximate surface area is 456 Å². The van der Waals surface area contributed by atoms with Crippen LogP contribution in [0.15, 0.2) is 24.3 Å². The van der Waals surface area contributed by atoms with Gasteiger partial charge in [0, 0.05) is 12.8 Å². The summed E-state index contributed by atoms with van der Waals surface area (Å²) in [6, 6.07) is -0.628.